The number of ether oxygens (including phenoxy) is 2. The normalized spacial score (nSPS) is 13.3. The Morgan fingerprint density at radius 2 is 1.66 bits per heavy atom. The number of aliphatic hydroxyl groups excluding tert-OH is 1. The van der Waals surface area contributed by atoms with Gasteiger partial charge in [0.1, 0.15) is 5.75 Å². The molecule has 2 aromatic rings. The molecule has 1 aromatic carbocycles. The largest absolute Gasteiger partial charge is 0.493 e. The lowest BCUT2D eigenvalue weighted by molar-refractivity contribution is -0.126. The van der Waals surface area contributed by atoms with Crippen LogP contribution >= 0.6 is 24.8 Å². The Morgan fingerprint density at radius 3 is 2.29 bits per heavy atom. The predicted molar refractivity (Wildman–Crippen MR) is 167 cm³/mol. The van der Waals surface area contributed by atoms with Crippen LogP contribution in [-0.2, 0) is 14.9 Å². The summed E-state index contributed by atoms with van der Waals surface area (Å²) in [7, 11) is 1.67. The van der Waals surface area contributed by atoms with E-state index in [2.05, 4.69) is 29.5 Å². The maximum Gasteiger partial charge on any atom is 0.255 e. The van der Waals surface area contributed by atoms with Gasteiger partial charge in [-0.05, 0) is 69.2 Å². The number of carbonyl (C=O) groups excluding carboxylic acids is 2. The average molecular weight is 616 g/mol. The Kier molecular flexibility index (Phi) is 18.5. The molecular weight excluding hydrogens is 567 g/mol. The third-order valence-corrected chi connectivity index (χ3v) is 7.01. The topological polar surface area (TPSA) is 136 Å². The van der Waals surface area contributed by atoms with Gasteiger partial charge in [-0.1, -0.05) is 32.0 Å². The maximum atomic E-state index is 13.0. The first-order chi connectivity index (χ1) is 18.6. The van der Waals surface area contributed by atoms with Crippen LogP contribution in [0.25, 0.3) is 0 Å². The number of pyridine rings is 1. The van der Waals surface area contributed by atoms with E-state index >= 15 is 0 Å². The van der Waals surface area contributed by atoms with E-state index in [-0.39, 0.29) is 55.0 Å². The van der Waals surface area contributed by atoms with Crippen LogP contribution in [0, 0.1) is 11.8 Å². The fourth-order valence-corrected chi connectivity index (χ4v) is 4.15. The molecule has 11 heteroatoms. The molecule has 0 bridgehead atoms. The number of nitrogens with one attached hydrogen (secondary N) is 2. The predicted octanol–water partition coefficient (Wildman–Crippen LogP) is 3.90. The van der Waals surface area contributed by atoms with Gasteiger partial charge in [-0.25, -0.2) is 0 Å². The third-order valence-electron chi connectivity index (χ3n) is 7.01. The summed E-state index contributed by atoms with van der Waals surface area (Å²) in [5.41, 5.74) is 6.62. The van der Waals surface area contributed by atoms with Gasteiger partial charge in [0.2, 0.25) is 5.91 Å². The highest BCUT2D eigenvalue weighted by Gasteiger charge is 2.32. The quantitative estimate of drug-likeness (QED) is 0.198. The number of halogens is 2. The fraction of sp³-hybridized carbons (Fsp3) is 0.567. The Balaban J connectivity index is 0.00000800. The molecule has 0 aliphatic rings. The number of para-hydroxylation sites is 1. The molecule has 41 heavy (non-hydrogen) atoms. The summed E-state index contributed by atoms with van der Waals surface area (Å²) in [5.74, 6) is 0.339. The Morgan fingerprint density at radius 1 is 1.00 bits per heavy atom. The van der Waals surface area contributed by atoms with Gasteiger partial charge < -0.3 is 30.9 Å². The minimum absolute atomic E-state index is 0. The van der Waals surface area contributed by atoms with Crippen molar-refractivity contribution in [1.29, 1.82) is 0 Å². The molecule has 232 valence electrons. The van der Waals surface area contributed by atoms with Crippen molar-refractivity contribution in [1.82, 2.24) is 15.6 Å². The summed E-state index contributed by atoms with van der Waals surface area (Å²) in [4.78, 5) is 30.1. The first kappa shape index (κ1) is 38.6. The second kappa shape index (κ2) is 19.6. The molecule has 0 unspecified atom stereocenters. The zero-order valence-electron chi connectivity index (χ0n) is 24.8. The molecule has 3 atom stereocenters. The van der Waals surface area contributed by atoms with Crippen LogP contribution in [0.5, 0.6) is 5.75 Å². The van der Waals surface area contributed by atoms with Crippen LogP contribution in [0.2, 0.25) is 0 Å². The number of nitrogens with zero attached hydrogens (tertiary/aromatic N) is 1. The molecule has 9 nitrogen and oxygen atoms in total. The van der Waals surface area contributed by atoms with Gasteiger partial charge in [-0.3, -0.25) is 14.6 Å². The zero-order valence-corrected chi connectivity index (χ0v) is 26.4. The van der Waals surface area contributed by atoms with Crippen molar-refractivity contribution in [2.75, 3.05) is 33.4 Å². The Bertz CT molecular complexity index is 1030. The number of hydrogen-bond acceptors (Lipinski definition) is 7. The number of hydrogen-bond donors (Lipinski definition) is 4. The zero-order chi connectivity index (χ0) is 28.8. The smallest absolute Gasteiger partial charge is 0.255 e. The standard InChI is InChI=1S/C30H46N4O5.2ClH/c1-21(2)22(19-33-28(36)23-12-6-7-13-26(23)39-17-11-10-16-38-5)18-24(31)25(35)20-34-29(37)30(3,4)27-14-8-9-15-32-27;;/h6-9,12-15,21-22,24-25,35H,10-11,16-20,31H2,1-5H3,(H,33,36)(H,34,37);2*1H/t22-,24+,25+;;/m1../s1. The molecule has 2 amide bonds. The molecule has 0 saturated carbocycles. The Labute approximate surface area is 257 Å². The summed E-state index contributed by atoms with van der Waals surface area (Å²) < 4.78 is 10.9. The van der Waals surface area contributed by atoms with E-state index in [1.54, 1.807) is 51.4 Å². The van der Waals surface area contributed by atoms with Crippen LogP contribution < -0.4 is 21.1 Å². The van der Waals surface area contributed by atoms with Gasteiger partial charge in [0, 0.05) is 39.0 Å². The minimum atomic E-state index is -0.933. The number of unbranched alkanes of at least 4 members (excludes halogenated alkanes) is 1. The molecule has 0 saturated heterocycles. The van der Waals surface area contributed by atoms with E-state index in [1.807, 2.05) is 18.2 Å². The van der Waals surface area contributed by atoms with Gasteiger partial charge in [0.25, 0.3) is 5.91 Å². The first-order valence-corrected chi connectivity index (χ1v) is 13.7. The van der Waals surface area contributed by atoms with Gasteiger partial charge in [-0.15, -0.1) is 24.8 Å². The van der Waals surface area contributed by atoms with Crippen molar-refractivity contribution in [3.8, 4) is 5.75 Å². The Hall–Kier alpha value is -2.43. The van der Waals surface area contributed by atoms with Crippen LogP contribution in [-0.4, -0.2) is 67.5 Å². The highest BCUT2D eigenvalue weighted by molar-refractivity contribution is 5.96. The van der Waals surface area contributed by atoms with Crippen molar-refractivity contribution >= 4 is 36.6 Å². The highest BCUT2D eigenvalue weighted by atomic mass is 35.5. The molecule has 1 aromatic heterocycles. The average Bonchev–Trinajstić information content (AvgIpc) is 2.93. The van der Waals surface area contributed by atoms with E-state index < -0.39 is 17.6 Å². The molecular formula is C30H48Cl2N4O5. The number of amides is 2. The minimum Gasteiger partial charge on any atom is -0.493 e. The molecule has 2 rings (SSSR count). The second-order valence-electron chi connectivity index (χ2n) is 10.8. The van der Waals surface area contributed by atoms with Crippen molar-refractivity contribution in [3.05, 3.63) is 59.9 Å². The van der Waals surface area contributed by atoms with Gasteiger partial charge in [0.05, 0.1) is 29.4 Å². The fourth-order valence-electron chi connectivity index (χ4n) is 4.15. The van der Waals surface area contributed by atoms with E-state index in [1.165, 1.54) is 0 Å². The lowest BCUT2D eigenvalue weighted by atomic mass is 9.86. The number of carbonyl (C=O) groups is 2. The molecule has 0 aliphatic heterocycles. The SMILES string of the molecule is COCCCCOc1ccccc1C(=O)NC[C@@H](C[C@H](N)[C@@H](O)CNC(=O)C(C)(C)c1ccccn1)C(C)C.Cl.Cl. The van der Waals surface area contributed by atoms with Crippen LogP contribution in [0.1, 0.15) is 63.0 Å². The first-order valence-electron chi connectivity index (χ1n) is 13.7. The molecule has 0 radical (unpaired) electrons. The number of rotatable bonds is 17. The molecule has 0 aliphatic carbocycles. The number of methoxy groups -OCH3 is 1. The molecule has 5 N–H and O–H groups in total. The maximum absolute atomic E-state index is 13.0. The van der Waals surface area contributed by atoms with E-state index in [9.17, 15) is 14.7 Å². The van der Waals surface area contributed by atoms with Crippen molar-refractivity contribution < 1.29 is 24.2 Å². The van der Waals surface area contributed by atoms with Crippen LogP contribution in [0.4, 0.5) is 0 Å². The summed E-state index contributed by atoms with van der Waals surface area (Å²) in [6.07, 6.45) is 2.92. The van der Waals surface area contributed by atoms with Crippen molar-refractivity contribution in [3.63, 3.8) is 0 Å². The van der Waals surface area contributed by atoms with Gasteiger partial charge in [0.15, 0.2) is 0 Å². The molecule has 0 spiro atoms. The highest BCUT2D eigenvalue weighted by Crippen LogP contribution is 2.22. The monoisotopic (exact) mass is 614 g/mol. The number of benzene rings is 1. The number of aliphatic hydroxyl groups is 1. The van der Waals surface area contributed by atoms with Crippen LogP contribution in [0.3, 0.4) is 0 Å². The summed E-state index contributed by atoms with van der Waals surface area (Å²) >= 11 is 0. The summed E-state index contributed by atoms with van der Waals surface area (Å²) in [6, 6.07) is 12.1. The second-order valence-corrected chi connectivity index (χ2v) is 10.8. The van der Waals surface area contributed by atoms with Gasteiger partial charge in [-0.2, -0.15) is 0 Å². The lowest BCUT2D eigenvalue weighted by Crippen LogP contribution is -2.49. The van der Waals surface area contributed by atoms with E-state index in [4.69, 9.17) is 15.2 Å². The van der Waals surface area contributed by atoms with Gasteiger partial charge >= 0.3 is 0 Å². The molecule has 1 heterocycles. The summed E-state index contributed by atoms with van der Waals surface area (Å²) in [5, 5.41) is 16.5. The van der Waals surface area contributed by atoms with Crippen molar-refractivity contribution in [2.45, 2.75) is 64.5 Å². The summed E-state index contributed by atoms with van der Waals surface area (Å²) in [6.45, 7) is 9.31. The van der Waals surface area contributed by atoms with E-state index in [0.29, 0.717) is 43.2 Å². The number of aromatic nitrogens is 1. The van der Waals surface area contributed by atoms with Crippen molar-refractivity contribution in [2.24, 2.45) is 17.6 Å². The number of nitrogens with two attached hydrogens (primary N) is 1. The van der Waals surface area contributed by atoms with E-state index in [0.717, 1.165) is 12.8 Å². The third kappa shape index (κ3) is 12.5. The molecule has 0 fully saturated rings. The van der Waals surface area contributed by atoms with Crippen LogP contribution in [0.15, 0.2) is 48.7 Å². The lowest BCUT2D eigenvalue weighted by Gasteiger charge is -2.28.